The van der Waals surface area contributed by atoms with E-state index in [1.54, 1.807) is 0 Å². The summed E-state index contributed by atoms with van der Waals surface area (Å²) in [5, 5.41) is 12.4. The Labute approximate surface area is 99.2 Å². The van der Waals surface area contributed by atoms with Gasteiger partial charge in [-0.15, -0.1) is 0 Å². The molecule has 0 aromatic rings. The van der Waals surface area contributed by atoms with Crippen molar-refractivity contribution in [1.82, 2.24) is 10.2 Å². The molecule has 0 unspecified atom stereocenters. The van der Waals surface area contributed by atoms with E-state index in [4.69, 9.17) is 5.11 Å². The number of likely N-dealkylation sites (tertiary alicyclic amines) is 1. The van der Waals surface area contributed by atoms with Crippen molar-refractivity contribution < 1.29 is 5.11 Å². The lowest BCUT2D eigenvalue weighted by atomic mass is 10.0. The van der Waals surface area contributed by atoms with E-state index in [2.05, 4.69) is 10.2 Å². The Morgan fingerprint density at radius 1 is 1.06 bits per heavy atom. The highest BCUT2D eigenvalue weighted by Gasteiger charge is 2.24. The molecule has 1 aliphatic carbocycles. The summed E-state index contributed by atoms with van der Waals surface area (Å²) in [6.07, 6.45) is 7.63. The molecule has 94 valence electrons. The molecule has 1 heterocycles. The second-order valence-electron chi connectivity index (χ2n) is 5.40. The zero-order chi connectivity index (χ0) is 11.2. The highest BCUT2D eigenvalue weighted by molar-refractivity contribution is 4.81. The van der Waals surface area contributed by atoms with Crippen LogP contribution < -0.4 is 5.32 Å². The predicted molar refractivity (Wildman–Crippen MR) is 66.5 cm³/mol. The lowest BCUT2D eigenvalue weighted by Gasteiger charge is -2.32. The van der Waals surface area contributed by atoms with Crippen molar-refractivity contribution in [2.75, 3.05) is 32.8 Å². The standard InChI is InChI=1S/C13H26N2O/c16-10-2-1-7-15-8-5-13(6-9-15)14-11-12-3-4-12/h12-14,16H,1-11H2. The van der Waals surface area contributed by atoms with Gasteiger partial charge >= 0.3 is 0 Å². The van der Waals surface area contributed by atoms with Gasteiger partial charge in [-0.1, -0.05) is 0 Å². The number of nitrogens with one attached hydrogen (secondary N) is 1. The van der Waals surface area contributed by atoms with Crippen LogP contribution in [0.15, 0.2) is 0 Å². The first-order chi connectivity index (χ1) is 7.88. The van der Waals surface area contributed by atoms with Gasteiger partial charge in [0.2, 0.25) is 0 Å². The summed E-state index contributed by atoms with van der Waals surface area (Å²) in [4.78, 5) is 2.55. The van der Waals surface area contributed by atoms with Crippen LogP contribution in [-0.2, 0) is 0 Å². The van der Waals surface area contributed by atoms with Gasteiger partial charge in [-0.05, 0) is 70.6 Å². The Morgan fingerprint density at radius 3 is 2.44 bits per heavy atom. The van der Waals surface area contributed by atoms with E-state index in [9.17, 15) is 0 Å². The van der Waals surface area contributed by atoms with E-state index in [0.717, 1.165) is 24.8 Å². The average Bonchev–Trinajstić information content (AvgIpc) is 3.12. The molecule has 0 amide bonds. The van der Waals surface area contributed by atoms with Gasteiger partial charge in [0.15, 0.2) is 0 Å². The van der Waals surface area contributed by atoms with Gasteiger partial charge in [-0.2, -0.15) is 0 Å². The molecule has 0 spiro atoms. The smallest absolute Gasteiger partial charge is 0.0431 e. The Morgan fingerprint density at radius 2 is 1.81 bits per heavy atom. The van der Waals surface area contributed by atoms with Crippen molar-refractivity contribution in [3.8, 4) is 0 Å². The van der Waals surface area contributed by atoms with Gasteiger partial charge in [0, 0.05) is 12.6 Å². The van der Waals surface area contributed by atoms with Crippen molar-refractivity contribution in [2.24, 2.45) is 5.92 Å². The summed E-state index contributed by atoms with van der Waals surface area (Å²) in [6.45, 7) is 5.27. The van der Waals surface area contributed by atoms with Crippen LogP contribution >= 0.6 is 0 Å². The first-order valence-corrected chi connectivity index (χ1v) is 6.95. The third-order valence-electron chi connectivity index (χ3n) is 3.86. The number of nitrogens with zero attached hydrogens (tertiary/aromatic N) is 1. The molecule has 3 heteroatoms. The molecule has 1 saturated carbocycles. The van der Waals surface area contributed by atoms with Crippen LogP contribution in [0, 0.1) is 5.92 Å². The highest BCUT2D eigenvalue weighted by Crippen LogP contribution is 2.28. The van der Waals surface area contributed by atoms with E-state index < -0.39 is 0 Å². The molecule has 1 saturated heterocycles. The minimum absolute atomic E-state index is 0.347. The molecule has 0 atom stereocenters. The van der Waals surface area contributed by atoms with Crippen molar-refractivity contribution >= 4 is 0 Å². The van der Waals surface area contributed by atoms with Crippen molar-refractivity contribution in [3.63, 3.8) is 0 Å². The quantitative estimate of drug-likeness (QED) is 0.641. The van der Waals surface area contributed by atoms with Crippen LogP contribution in [0.3, 0.4) is 0 Å². The lowest BCUT2D eigenvalue weighted by molar-refractivity contribution is 0.187. The number of rotatable bonds is 7. The van der Waals surface area contributed by atoms with Gasteiger partial charge in [-0.3, -0.25) is 0 Å². The molecule has 2 N–H and O–H groups in total. The molecule has 2 aliphatic rings. The molecule has 2 rings (SSSR count). The minimum atomic E-state index is 0.347. The molecule has 0 bridgehead atoms. The van der Waals surface area contributed by atoms with Crippen LogP contribution in [-0.4, -0.2) is 48.8 Å². The summed E-state index contributed by atoms with van der Waals surface area (Å²) in [6, 6.07) is 0.773. The largest absolute Gasteiger partial charge is 0.396 e. The van der Waals surface area contributed by atoms with Crippen LogP contribution in [0.5, 0.6) is 0 Å². The third kappa shape index (κ3) is 4.40. The summed E-state index contributed by atoms with van der Waals surface area (Å²) in [5.41, 5.74) is 0. The number of unbranched alkanes of at least 4 members (excludes halogenated alkanes) is 1. The fourth-order valence-corrected chi connectivity index (χ4v) is 2.46. The number of hydrogen-bond acceptors (Lipinski definition) is 3. The zero-order valence-electron chi connectivity index (χ0n) is 10.3. The zero-order valence-corrected chi connectivity index (χ0v) is 10.3. The van der Waals surface area contributed by atoms with Crippen LogP contribution in [0.25, 0.3) is 0 Å². The predicted octanol–water partition coefficient (Wildman–Crippen LogP) is 1.22. The molecular formula is C13H26N2O. The molecule has 1 aliphatic heterocycles. The molecule has 0 aromatic heterocycles. The van der Waals surface area contributed by atoms with Crippen LogP contribution in [0.1, 0.15) is 38.5 Å². The van der Waals surface area contributed by atoms with Gasteiger partial charge in [0.05, 0.1) is 0 Å². The molecule has 0 aromatic carbocycles. The Hall–Kier alpha value is -0.120. The van der Waals surface area contributed by atoms with Gasteiger partial charge in [0.1, 0.15) is 0 Å². The number of aliphatic hydroxyl groups is 1. The first kappa shape index (κ1) is 12.3. The van der Waals surface area contributed by atoms with E-state index in [0.29, 0.717) is 6.61 Å². The van der Waals surface area contributed by atoms with E-state index in [1.807, 2.05) is 0 Å². The summed E-state index contributed by atoms with van der Waals surface area (Å²) < 4.78 is 0. The fraction of sp³-hybridized carbons (Fsp3) is 1.00. The average molecular weight is 226 g/mol. The Balaban J connectivity index is 1.51. The van der Waals surface area contributed by atoms with Crippen LogP contribution in [0.2, 0.25) is 0 Å². The Bertz CT molecular complexity index is 186. The number of hydrogen-bond donors (Lipinski definition) is 2. The van der Waals surface area contributed by atoms with Crippen molar-refractivity contribution in [2.45, 2.75) is 44.6 Å². The summed E-state index contributed by atoms with van der Waals surface area (Å²) in [7, 11) is 0. The van der Waals surface area contributed by atoms with E-state index >= 15 is 0 Å². The van der Waals surface area contributed by atoms with E-state index in [1.165, 1.54) is 51.9 Å². The lowest BCUT2D eigenvalue weighted by Crippen LogP contribution is -2.43. The van der Waals surface area contributed by atoms with Crippen LogP contribution in [0.4, 0.5) is 0 Å². The minimum Gasteiger partial charge on any atom is -0.396 e. The third-order valence-corrected chi connectivity index (χ3v) is 3.86. The monoisotopic (exact) mass is 226 g/mol. The van der Waals surface area contributed by atoms with E-state index in [-0.39, 0.29) is 0 Å². The second kappa shape index (κ2) is 6.58. The first-order valence-electron chi connectivity index (χ1n) is 6.95. The van der Waals surface area contributed by atoms with Gasteiger partial charge in [-0.25, -0.2) is 0 Å². The second-order valence-corrected chi connectivity index (χ2v) is 5.40. The summed E-state index contributed by atoms with van der Waals surface area (Å²) in [5.74, 6) is 1.00. The number of piperidine rings is 1. The number of aliphatic hydroxyl groups excluding tert-OH is 1. The molecule has 0 radical (unpaired) electrons. The van der Waals surface area contributed by atoms with Crippen molar-refractivity contribution in [1.29, 1.82) is 0 Å². The topological polar surface area (TPSA) is 35.5 Å². The molecule has 2 fully saturated rings. The van der Waals surface area contributed by atoms with Gasteiger partial charge in [0.25, 0.3) is 0 Å². The molecule has 16 heavy (non-hydrogen) atoms. The molecule has 3 nitrogen and oxygen atoms in total. The highest BCUT2D eigenvalue weighted by atomic mass is 16.2. The molecular weight excluding hydrogens is 200 g/mol. The maximum absolute atomic E-state index is 8.74. The van der Waals surface area contributed by atoms with Gasteiger partial charge < -0.3 is 15.3 Å². The van der Waals surface area contributed by atoms with Crippen molar-refractivity contribution in [3.05, 3.63) is 0 Å². The summed E-state index contributed by atoms with van der Waals surface area (Å²) >= 11 is 0. The maximum Gasteiger partial charge on any atom is 0.0431 e. The maximum atomic E-state index is 8.74. The SMILES string of the molecule is OCCCCN1CCC(NCC2CC2)CC1. The normalized spacial score (nSPS) is 23.8. The fourth-order valence-electron chi connectivity index (χ4n) is 2.46. The Kier molecular flexibility index (Phi) is 5.07.